The van der Waals surface area contributed by atoms with Crippen LogP contribution < -0.4 is 5.32 Å². The highest BCUT2D eigenvalue weighted by Gasteiger charge is 2.32. The summed E-state index contributed by atoms with van der Waals surface area (Å²) in [5, 5.41) is 21.5. The van der Waals surface area contributed by atoms with Gasteiger partial charge in [-0.2, -0.15) is 0 Å². The van der Waals surface area contributed by atoms with E-state index in [0.717, 1.165) is 31.6 Å². The topological polar surface area (TPSA) is 111 Å². The highest BCUT2D eigenvalue weighted by Crippen LogP contribution is 2.39. The predicted octanol–water partition coefficient (Wildman–Crippen LogP) is 6.06. The van der Waals surface area contributed by atoms with Crippen LogP contribution in [0.2, 0.25) is 0 Å². The Balaban J connectivity index is 1.26. The number of rotatable bonds is 10. The number of aliphatic hydroxyl groups excluding tert-OH is 1. The summed E-state index contributed by atoms with van der Waals surface area (Å²) in [6.45, 7) is 3.43. The third-order valence-electron chi connectivity index (χ3n) is 6.68. The Morgan fingerprint density at radius 3 is 2.41 bits per heavy atom. The molecule has 1 unspecified atom stereocenters. The molecule has 1 fully saturated rings. The highest BCUT2D eigenvalue weighted by molar-refractivity contribution is 8.01. The first-order chi connectivity index (χ1) is 19.9. The molecule has 2 N–H and O–H groups in total. The van der Waals surface area contributed by atoms with Crippen molar-refractivity contribution in [1.82, 2.24) is 10.2 Å². The Kier molecular flexibility index (Phi) is 9.58. The molecule has 0 saturated carbocycles. The zero-order chi connectivity index (χ0) is 28.8. The van der Waals surface area contributed by atoms with Gasteiger partial charge in [-0.05, 0) is 42.7 Å². The molecule has 1 amide bonds. The van der Waals surface area contributed by atoms with E-state index in [2.05, 4.69) is 15.5 Å². The molecule has 0 aliphatic carbocycles. The van der Waals surface area contributed by atoms with Crippen LogP contribution in [0.3, 0.4) is 0 Å². The van der Waals surface area contributed by atoms with Gasteiger partial charge in [-0.25, -0.2) is 0 Å². The van der Waals surface area contributed by atoms with E-state index in [9.17, 15) is 14.7 Å². The lowest BCUT2D eigenvalue weighted by Gasteiger charge is -2.36. The average molecular weight is 590 g/mol. The van der Waals surface area contributed by atoms with Crippen molar-refractivity contribution in [3.05, 3.63) is 106 Å². The number of anilines is 1. The minimum absolute atomic E-state index is 0.00670. The van der Waals surface area contributed by atoms with Crippen molar-refractivity contribution in [3.63, 3.8) is 0 Å². The van der Waals surface area contributed by atoms with E-state index in [1.807, 2.05) is 55.5 Å². The summed E-state index contributed by atoms with van der Waals surface area (Å²) in [7, 11) is 0. The molecule has 0 bridgehead atoms. The summed E-state index contributed by atoms with van der Waals surface area (Å²) >= 11 is 3.19. The number of thioether (sulfide) groups is 1. The van der Waals surface area contributed by atoms with Crippen LogP contribution >= 0.6 is 23.1 Å². The van der Waals surface area contributed by atoms with Crippen molar-refractivity contribution in [2.75, 3.05) is 11.1 Å². The van der Waals surface area contributed by atoms with Gasteiger partial charge in [0.2, 0.25) is 5.91 Å². The monoisotopic (exact) mass is 589 g/mol. The maximum absolute atomic E-state index is 12.7. The Morgan fingerprint density at radius 1 is 1.00 bits per heavy atom. The van der Waals surface area contributed by atoms with Crippen LogP contribution in [0.5, 0.6) is 0 Å². The number of hydrogen-bond donors (Lipinski definition) is 2. The number of nitrogens with one attached hydrogen (secondary N) is 1. The number of ether oxygens (including phenoxy) is 2. The van der Waals surface area contributed by atoms with Gasteiger partial charge >= 0.3 is 0 Å². The summed E-state index contributed by atoms with van der Waals surface area (Å²) in [5.74, 6) is 0.492. The first-order valence-electron chi connectivity index (χ1n) is 13.3. The smallest absolute Gasteiger partial charge is 0.228 e. The molecule has 3 atom stereocenters. The fourth-order valence-electron chi connectivity index (χ4n) is 4.52. The summed E-state index contributed by atoms with van der Waals surface area (Å²) in [4.78, 5) is 24.3. The van der Waals surface area contributed by atoms with Crippen LogP contribution in [0.4, 0.5) is 5.69 Å². The van der Waals surface area contributed by atoms with Gasteiger partial charge in [0.25, 0.3) is 0 Å². The zero-order valence-electron chi connectivity index (χ0n) is 22.8. The molecular weight excluding hydrogens is 558 g/mol. The zero-order valence-corrected chi connectivity index (χ0v) is 24.4. The van der Waals surface area contributed by atoms with Gasteiger partial charge in [0.15, 0.2) is 16.4 Å². The van der Waals surface area contributed by atoms with E-state index in [1.165, 1.54) is 6.92 Å². The van der Waals surface area contributed by atoms with Crippen molar-refractivity contribution < 1.29 is 24.2 Å². The van der Waals surface area contributed by atoms with Crippen molar-refractivity contribution in [3.8, 4) is 0 Å². The SMILES string of the molecule is CC(=O)c1cccc(NC(=O)Cc2ccc(C3O[C@H](CSc4nnc(C)s4)C[C@H](c4ccc(CO)cc4)O3)cc2)c1. The molecule has 8 nitrogen and oxygen atoms in total. The number of aliphatic hydroxyl groups is 1. The largest absolute Gasteiger partial charge is 0.392 e. The number of Topliss-reactive ketones (excluding diaryl/α,β-unsaturated/α-hetero) is 1. The lowest BCUT2D eigenvalue weighted by Crippen LogP contribution is -2.31. The molecule has 212 valence electrons. The molecule has 1 aliphatic rings. The number of amides is 1. The maximum Gasteiger partial charge on any atom is 0.228 e. The Morgan fingerprint density at radius 2 is 1.73 bits per heavy atom. The van der Waals surface area contributed by atoms with Crippen molar-refractivity contribution in [2.45, 2.75) is 56.1 Å². The van der Waals surface area contributed by atoms with Gasteiger partial charge < -0.3 is 19.9 Å². The number of aryl methyl sites for hydroxylation is 1. The molecule has 3 aromatic carbocycles. The molecule has 0 spiro atoms. The molecule has 10 heteroatoms. The molecule has 1 aliphatic heterocycles. The van der Waals surface area contributed by atoms with Gasteiger partial charge in [0, 0.05) is 29.0 Å². The number of carbonyl (C=O) groups excluding carboxylic acids is 2. The van der Waals surface area contributed by atoms with Gasteiger partial charge in [-0.3, -0.25) is 9.59 Å². The third kappa shape index (κ3) is 7.87. The summed E-state index contributed by atoms with van der Waals surface area (Å²) in [5.41, 5.74) is 4.73. The minimum atomic E-state index is -0.578. The Hall–Kier alpha value is -3.41. The average Bonchev–Trinajstić information content (AvgIpc) is 3.41. The van der Waals surface area contributed by atoms with Crippen LogP contribution in [0.15, 0.2) is 77.1 Å². The van der Waals surface area contributed by atoms with E-state index in [-0.39, 0.29) is 36.9 Å². The normalized spacial score (nSPS) is 18.7. The van der Waals surface area contributed by atoms with Crippen LogP contribution in [0, 0.1) is 6.92 Å². The Labute approximate surface area is 247 Å². The van der Waals surface area contributed by atoms with E-state index < -0.39 is 6.29 Å². The first-order valence-corrected chi connectivity index (χ1v) is 15.1. The minimum Gasteiger partial charge on any atom is -0.392 e. The molecule has 1 aromatic heterocycles. The predicted molar refractivity (Wildman–Crippen MR) is 159 cm³/mol. The molecule has 41 heavy (non-hydrogen) atoms. The van der Waals surface area contributed by atoms with Crippen LogP contribution in [-0.2, 0) is 27.3 Å². The molecule has 4 aromatic rings. The second-order valence-electron chi connectivity index (χ2n) is 9.85. The fraction of sp³-hybridized carbons (Fsp3) is 0.290. The number of hydrogen-bond acceptors (Lipinski definition) is 9. The summed E-state index contributed by atoms with van der Waals surface area (Å²) in [6.07, 6.45) is 0.0339. The van der Waals surface area contributed by atoms with Gasteiger partial charge in [-0.1, -0.05) is 83.8 Å². The number of carbonyl (C=O) groups is 2. The molecule has 0 radical (unpaired) electrons. The second kappa shape index (κ2) is 13.5. The van der Waals surface area contributed by atoms with Gasteiger partial charge in [0.05, 0.1) is 25.2 Å². The molecular formula is C31H31N3O5S2. The van der Waals surface area contributed by atoms with E-state index in [0.29, 0.717) is 23.4 Å². The number of aromatic nitrogens is 2. The van der Waals surface area contributed by atoms with E-state index in [4.69, 9.17) is 9.47 Å². The van der Waals surface area contributed by atoms with Crippen molar-refractivity contribution in [2.24, 2.45) is 0 Å². The van der Waals surface area contributed by atoms with Crippen LogP contribution in [0.25, 0.3) is 0 Å². The summed E-state index contributed by atoms with van der Waals surface area (Å²) < 4.78 is 13.7. The first kappa shape index (κ1) is 29.1. The lowest BCUT2D eigenvalue weighted by molar-refractivity contribution is -0.245. The van der Waals surface area contributed by atoms with E-state index >= 15 is 0 Å². The third-order valence-corrected chi connectivity index (χ3v) is 8.79. The quantitative estimate of drug-likeness (QED) is 0.170. The maximum atomic E-state index is 12.7. The lowest BCUT2D eigenvalue weighted by atomic mass is 10.0. The molecule has 1 saturated heterocycles. The highest BCUT2D eigenvalue weighted by atomic mass is 32.2. The second-order valence-corrected chi connectivity index (χ2v) is 12.3. The van der Waals surface area contributed by atoms with Gasteiger partial charge in [-0.15, -0.1) is 10.2 Å². The van der Waals surface area contributed by atoms with Crippen molar-refractivity contribution in [1.29, 1.82) is 0 Å². The summed E-state index contributed by atoms with van der Waals surface area (Å²) in [6, 6.07) is 22.4. The van der Waals surface area contributed by atoms with Gasteiger partial charge in [0.1, 0.15) is 5.01 Å². The number of benzene rings is 3. The molecule has 2 heterocycles. The van der Waals surface area contributed by atoms with E-state index in [1.54, 1.807) is 47.4 Å². The van der Waals surface area contributed by atoms with Crippen LogP contribution in [0.1, 0.15) is 63.4 Å². The van der Waals surface area contributed by atoms with Crippen molar-refractivity contribution >= 4 is 40.5 Å². The Bertz CT molecular complexity index is 1490. The number of ketones is 1. The fourth-order valence-corrected chi connectivity index (χ4v) is 6.38. The molecule has 5 rings (SSSR count). The van der Waals surface area contributed by atoms with Crippen LogP contribution in [-0.4, -0.2) is 38.9 Å². The standard InChI is InChI=1S/C31H31N3O5S2/c1-19(36)25-4-3-5-26(15-25)32-29(37)14-21-6-12-24(13-7-21)30-38-27(18-40-31-34-33-20(2)41-31)16-28(39-30)23-10-8-22(17-35)9-11-23/h3-13,15,27-28,30,35H,14,16-18H2,1-2H3,(H,32,37)/t27-,28+,30?/m0/s1. The number of nitrogens with zero attached hydrogens (tertiary/aromatic N) is 2.